The first kappa shape index (κ1) is 16.3. The number of carbonyl (C=O) groups excluding carboxylic acids is 2. The summed E-state index contributed by atoms with van der Waals surface area (Å²) >= 11 is 0. The van der Waals surface area contributed by atoms with Crippen LogP contribution in [0.3, 0.4) is 0 Å². The van der Waals surface area contributed by atoms with Gasteiger partial charge in [-0.3, -0.25) is 9.59 Å². The van der Waals surface area contributed by atoms with Gasteiger partial charge in [0.2, 0.25) is 5.91 Å². The molecule has 22 heavy (non-hydrogen) atoms. The molecule has 0 radical (unpaired) electrons. The van der Waals surface area contributed by atoms with Gasteiger partial charge >= 0.3 is 0 Å². The van der Waals surface area contributed by atoms with E-state index < -0.39 is 0 Å². The number of likely N-dealkylation sites (N-methyl/N-ethyl adjacent to an activating group) is 1. The third-order valence-electron chi connectivity index (χ3n) is 3.52. The van der Waals surface area contributed by atoms with Gasteiger partial charge in [-0.25, -0.2) is 0 Å². The zero-order chi connectivity index (χ0) is 16.1. The van der Waals surface area contributed by atoms with Crippen molar-refractivity contribution >= 4 is 17.9 Å². The number of carbonyl (C=O) groups is 2. The molecule has 0 bridgehead atoms. The van der Waals surface area contributed by atoms with E-state index in [9.17, 15) is 9.59 Å². The molecule has 1 aromatic rings. The van der Waals surface area contributed by atoms with Crippen LogP contribution in [0.1, 0.15) is 42.6 Å². The van der Waals surface area contributed by atoms with Crippen molar-refractivity contribution < 1.29 is 9.59 Å². The maximum atomic E-state index is 11.9. The van der Waals surface area contributed by atoms with Crippen LogP contribution in [0.2, 0.25) is 0 Å². The summed E-state index contributed by atoms with van der Waals surface area (Å²) in [7, 11) is 1.80. The summed E-state index contributed by atoms with van der Waals surface area (Å²) in [5, 5.41) is 2.96. The summed E-state index contributed by atoms with van der Waals surface area (Å²) in [5.74, 6) is 0.418. The molecule has 0 unspecified atom stereocenters. The summed E-state index contributed by atoms with van der Waals surface area (Å²) in [6, 6.07) is 7.66. The molecule has 2 amide bonds. The highest BCUT2D eigenvalue weighted by molar-refractivity contribution is 5.95. The maximum Gasteiger partial charge on any atom is 0.251 e. The fraction of sp³-hybridized carbons (Fsp3) is 0.444. The van der Waals surface area contributed by atoms with Gasteiger partial charge in [0.05, 0.1) is 0 Å². The lowest BCUT2D eigenvalue weighted by Gasteiger charge is -2.17. The van der Waals surface area contributed by atoms with Crippen molar-refractivity contribution in [2.45, 2.75) is 32.7 Å². The molecule has 1 fully saturated rings. The number of hydrogen-bond donors (Lipinski definition) is 1. The minimum Gasteiger partial charge on any atom is -0.349 e. The molecule has 0 aromatic heterocycles. The molecule has 0 saturated heterocycles. The van der Waals surface area contributed by atoms with Crippen LogP contribution >= 0.6 is 0 Å². The lowest BCUT2D eigenvalue weighted by Crippen LogP contribution is -2.28. The molecule has 4 heteroatoms. The summed E-state index contributed by atoms with van der Waals surface area (Å²) in [6.45, 7) is 4.90. The van der Waals surface area contributed by atoms with Gasteiger partial charge in [-0.2, -0.15) is 0 Å². The zero-order valence-electron chi connectivity index (χ0n) is 13.5. The lowest BCUT2D eigenvalue weighted by atomic mass is 10.1. The fourth-order valence-corrected chi connectivity index (χ4v) is 2.17. The van der Waals surface area contributed by atoms with Crippen molar-refractivity contribution in [1.82, 2.24) is 10.2 Å². The highest BCUT2D eigenvalue weighted by atomic mass is 16.2. The average molecular weight is 300 g/mol. The first-order valence-corrected chi connectivity index (χ1v) is 7.80. The van der Waals surface area contributed by atoms with E-state index in [4.69, 9.17) is 0 Å². The molecule has 1 saturated carbocycles. The minimum absolute atomic E-state index is 0.00995. The fourth-order valence-electron chi connectivity index (χ4n) is 2.17. The van der Waals surface area contributed by atoms with E-state index in [2.05, 4.69) is 19.2 Å². The topological polar surface area (TPSA) is 49.4 Å². The van der Waals surface area contributed by atoms with Gasteiger partial charge < -0.3 is 10.2 Å². The van der Waals surface area contributed by atoms with Crippen molar-refractivity contribution in [3.05, 3.63) is 41.5 Å². The van der Waals surface area contributed by atoms with Gasteiger partial charge in [-0.1, -0.05) is 26.0 Å². The Bertz CT molecular complexity index is 557. The standard InChI is InChI=1S/C18H24N2O2/c1-13(2)12-20(3)17(21)11-6-14-4-7-15(8-5-14)18(22)19-16-9-10-16/h4-8,11,13,16H,9-10,12H2,1-3H3,(H,19,22)/b11-6+. The van der Waals surface area contributed by atoms with Crippen molar-refractivity contribution in [1.29, 1.82) is 0 Å². The van der Waals surface area contributed by atoms with Gasteiger partial charge in [0.15, 0.2) is 0 Å². The van der Waals surface area contributed by atoms with E-state index in [1.807, 2.05) is 12.1 Å². The van der Waals surface area contributed by atoms with Crippen LogP contribution in [-0.2, 0) is 4.79 Å². The third-order valence-corrected chi connectivity index (χ3v) is 3.52. The van der Waals surface area contributed by atoms with Crippen molar-refractivity contribution in [3.63, 3.8) is 0 Å². The molecule has 118 valence electrons. The summed E-state index contributed by atoms with van der Waals surface area (Å²) in [5.41, 5.74) is 1.57. The molecule has 1 aliphatic rings. The van der Waals surface area contributed by atoms with E-state index in [1.54, 1.807) is 36.2 Å². The molecule has 4 nitrogen and oxygen atoms in total. The monoisotopic (exact) mass is 300 g/mol. The molecule has 0 atom stereocenters. The first-order valence-electron chi connectivity index (χ1n) is 7.80. The van der Waals surface area contributed by atoms with E-state index in [0.717, 1.165) is 24.9 Å². The van der Waals surface area contributed by atoms with E-state index in [1.165, 1.54) is 0 Å². The van der Waals surface area contributed by atoms with Crippen LogP contribution in [0, 0.1) is 5.92 Å². The number of nitrogens with one attached hydrogen (secondary N) is 1. The molecule has 2 rings (SSSR count). The maximum absolute atomic E-state index is 11.9. The largest absolute Gasteiger partial charge is 0.349 e. The smallest absolute Gasteiger partial charge is 0.251 e. The molecular formula is C18H24N2O2. The van der Waals surface area contributed by atoms with Crippen molar-refractivity contribution in [2.75, 3.05) is 13.6 Å². The Morgan fingerprint density at radius 1 is 1.27 bits per heavy atom. The number of hydrogen-bond acceptors (Lipinski definition) is 2. The molecule has 1 N–H and O–H groups in total. The predicted molar refractivity (Wildman–Crippen MR) is 88.4 cm³/mol. The number of rotatable bonds is 6. The molecule has 0 heterocycles. The normalized spacial score (nSPS) is 14.4. The Hall–Kier alpha value is -2.10. The number of benzene rings is 1. The Kier molecular flexibility index (Phi) is 5.36. The second-order valence-electron chi connectivity index (χ2n) is 6.32. The van der Waals surface area contributed by atoms with E-state index in [-0.39, 0.29) is 11.8 Å². The summed E-state index contributed by atoms with van der Waals surface area (Å²) in [6.07, 6.45) is 5.51. The minimum atomic E-state index is -0.0224. The number of nitrogens with zero attached hydrogens (tertiary/aromatic N) is 1. The highest BCUT2D eigenvalue weighted by Crippen LogP contribution is 2.19. The summed E-state index contributed by atoms with van der Waals surface area (Å²) < 4.78 is 0. The van der Waals surface area contributed by atoms with Crippen molar-refractivity contribution in [3.8, 4) is 0 Å². The van der Waals surface area contributed by atoms with Gasteiger partial charge in [-0.15, -0.1) is 0 Å². The summed E-state index contributed by atoms with van der Waals surface area (Å²) in [4.78, 5) is 25.5. The Labute approximate surface area is 132 Å². The van der Waals surface area contributed by atoms with Crippen LogP contribution in [0.4, 0.5) is 0 Å². The van der Waals surface area contributed by atoms with Gasteiger partial charge in [0, 0.05) is 31.3 Å². The molecule has 1 aromatic carbocycles. The Morgan fingerprint density at radius 3 is 2.45 bits per heavy atom. The van der Waals surface area contributed by atoms with Crippen LogP contribution in [0.15, 0.2) is 30.3 Å². The molecule has 0 aliphatic heterocycles. The van der Waals surface area contributed by atoms with Crippen LogP contribution in [-0.4, -0.2) is 36.3 Å². The van der Waals surface area contributed by atoms with E-state index >= 15 is 0 Å². The Morgan fingerprint density at radius 2 is 1.91 bits per heavy atom. The molecule has 0 spiro atoms. The van der Waals surface area contributed by atoms with Crippen molar-refractivity contribution in [2.24, 2.45) is 5.92 Å². The SMILES string of the molecule is CC(C)CN(C)C(=O)/C=C/c1ccc(C(=O)NC2CC2)cc1. The van der Waals surface area contributed by atoms with Crippen LogP contribution < -0.4 is 5.32 Å². The highest BCUT2D eigenvalue weighted by Gasteiger charge is 2.23. The first-order chi connectivity index (χ1) is 10.5. The Balaban J connectivity index is 1.91. The van der Waals surface area contributed by atoms with Gasteiger partial charge in [0.1, 0.15) is 0 Å². The average Bonchev–Trinajstić information content (AvgIpc) is 3.28. The van der Waals surface area contributed by atoms with Crippen LogP contribution in [0.5, 0.6) is 0 Å². The van der Waals surface area contributed by atoms with E-state index in [0.29, 0.717) is 17.5 Å². The second kappa shape index (κ2) is 7.25. The van der Waals surface area contributed by atoms with Gasteiger partial charge in [0.25, 0.3) is 5.91 Å². The third kappa shape index (κ3) is 5.02. The molecule has 1 aliphatic carbocycles. The molecular weight excluding hydrogens is 276 g/mol. The zero-order valence-corrected chi connectivity index (χ0v) is 13.5. The van der Waals surface area contributed by atoms with Crippen LogP contribution in [0.25, 0.3) is 6.08 Å². The van der Waals surface area contributed by atoms with Gasteiger partial charge in [-0.05, 0) is 42.5 Å². The predicted octanol–water partition coefficient (Wildman–Crippen LogP) is 2.71. The quantitative estimate of drug-likeness (QED) is 0.821. The lowest BCUT2D eigenvalue weighted by molar-refractivity contribution is -0.125. The number of amides is 2. The second-order valence-corrected chi connectivity index (χ2v) is 6.32.